The fourth-order valence-corrected chi connectivity index (χ4v) is 1.86. The van der Waals surface area contributed by atoms with E-state index in [9.17, 15) is 0 Å². The van der Waals surface area contributed by atoms with Crippen LogP contribution in [0.25, 0.3) is 0 Å². The smallest absolute Gasteiger partial charge is 0.233 e. The van der Waals surface area contributed by atoms with Gasteiger partial charge in [0, 0.05) is 14.1 Å². The third-order valence-electron chi connectivity index (χ3n) is 2.24. The van der Waals surface area contributed by atoms with Crippen molar-refractivity contribution in [1.82, 2.24) is 15.0 Å². The molecule has 0 aliphatic rings. The zero-order chi connectivity index (χ0) is 14.0. The maximum absolute atomic E-state index is 6.06. The molecule has 0 aliphatic carbocycles. The average molecular weight is 299 g/mol. The topological polar surface area (TPSA) is 80.0 Å². The first kappa shape index (κ1) is 13.6. The minimum Gasteiger partial charge on any atom is -0.368 e. The van der Waals surface area contributed by atoms with Gasteiger partial charge in [-0.3, -0.25) is 0 Å². The van der Waals surface area contributed by atoms with Crippen LogP contribution in [0, 0.1) is 0 Å². The number of aromatic nitrogens is 3. The largest absolute Gasteiger partial charge is 0.368 e. The number of nitrogens with one attached hydrogen (secondary N) is 1. The lowest BCUT2D eigenvalue weighted by Gasteiger charge is -2.13. The van der Waals surface area contributed by atoms with Crippen molar-refractivity contribution in [3.63, 3.8) is 0 Å². The second kappa shape index (κ2) is 5.46. The summed E-state index contributed by atoms with van der Waals surface area (Å²) in [7, 11) is 3.61. The maximum atomic E-state index is 6.06. The van der Waals surface area contributed by atoms with Crippen LogP contribution in [-0.2, 0) is 0 Å². The van der Waals surface area contributed by atoms with Gasteiger partial charge in [0.1, 0.15) is 0 Å². The van der Waals surface area contributed by atoms with Crippen LogP contribution < -0.4 is 16.0 Å². The predicted octanol–water partition coefficient (Wildman–Crippen LogP) is 2.57. The molecule has 1 aromatic carbocycles. The van der Waals surface area contributed by atoms with E-state index in [-0.39, 0.29) is 11.9 Å². The van der Waals surface area contributed by atoms with Gasteiger partial charge in [0.05, 0.1) is 15.7 Å². The predicted molar refractivity (Wildman–Crippen MR) is 78.3 cm³/mol. The van der Waals surface area contributed by atoms with Crippen LogP contribution in [0.1, 0.15) is 0 Å². The SMILES string of the molecule is CN(C)c1nc(N)nc(Nc2c(Cl)cccc2Cl)n1. The molecule has 6 nitrogen and oxygen atoms in total. The summed E-state index contributed by atoms with van der Waals surface area (Å²) in [5.41, 5.74) is 6.16. The molecule has 0 atom stereocenters. The summed E-state index contributed by atoms with van der Waals surface area (Å²) in [4.78, 5) is 13.9. The Hall–Kier alpha value is -1.79. The van der Waals surface area contributed by atoms with E-state index in [0.29, 0.717) is 21.7 Å². The van der Waals surface area contributed by atoms with E-state index in [2.05, 4.69) is 20.3 Å². The van der Waals surface area contributed by atoms with Crippen LogP contribution in [0.4, 0.5) is 23.5 Å². The molecule has 0 aliphatic heterocycles. The number of nitrogens with two attached hydrogens (primary N) is 1. The van der Waals surface area contributed by atoms with E-state index in [1.54, 1.807) is 37.2 Å². The number of hydrogen-bond donors (Lipinski definition) is 2. The lowest BCUT2D eigenvalue weighted by Crippen LogP contribution is -2.15. The quantitative estimate of drug-likeness (QED) is 0.906. The Morgan fingerprint density at radius 2 is 1.74 bits per heavy atom. The monoisotopic (exact) mass is 298 g/mol. The van der Waals surface area contributed by atoms with Gasteiger partial charge in [0.25, 0.3) is 0 Å². The highest BCUT2D eigenvalue weighted by Crippen LogP contribution is 2.31. The van der Waals surface area contributed by atoms with Crippen molar-refractivity contribution in [2.75, 3.05) is 30.0 Å². The Labute approximate surface area is 120 Å². The van der Waals surface area contributed by atoms with Gasteiger partial charge in [-0.15, -0.1) is 0 Å². The van der Waals surface area contributed by atoms with Gasteiger partial charge in [-0.2, -0.15) is 15.0 Å². The summed E-state index contributed by atoms with van der Waals surface area (Å²) in [5.74, 6) is 0.841. The molecular weight excluding hydrogens is 287 g/mol. The van der Waals surface area contributed by atoms with Crippen molar-refractivity contribution in [2.24, 2.45) is 0 Å². The summed E-state index contributed by atoms with van der Waals surface area (Å²) >= 11 is 12.1. The fraction of sp³-hybridized carbons (Fsp3) is 0.182. The summed E-state index contributed by atoms with van der Waals surface area (Å²) in [5, 5.41) is 3.88. The molecule has 8 heteroatoms. The summed E-state index contributed by atoms with van der Waals surface area (Å²) < 4.78 is 0. The number of halogens is 2. The zero-order valence-corrected chi connectivity index (χ0v) is 11.9. The Morgan fingerprint density at radius 3 is 2.32 bits per heavy atom. The summed E-state index contributed by atoms with van der Waals surface area (Å²) in [6.45, 7) is 0. The van der Waals surface area contributed by atoms with Crippen molar-refractivity contribution in [1.29, 1.82) is 0 Å². The molecule has 0 radical (unpaired) electrons. The highest BCUT2D eigenvalue weighted by atomic mass is 35.5. The number of hydrogen-bond acceptors (Lipinski definition) is 6. The van der Waals surface area contributed by atoms with Gasteiger partial charge in [0.2, 0.25) is 17.8 Å². The van der Waals surface area contributed by atoms with Crippen LogP contribution in [0.15, 0.2) is 18.2 Å². The first-order chi connectivity index (χ1) is 8.97. The van der Waals surface area contributed by atoms with Crippen molar-refractivity contribution < 1.29 is 0 Å². The third-order valence-corrected chi connectivity index (χ3v) is 2.87. The number of nitrogen functional groups attached to an aromatic ring is 1. The highest BCUT2D eigenvalue weighted by molar-refractivity contribution is 6.39. The molecule has 1 heterocycles. The first-order valence-electron chi connectivity index (χ1n) is 5.37. The second-order valence-electron chi connectivity index (χ2n) is 3.93. The molecule has 100 valence electrons. The standard InChI is InChI=1S/C11H12Cl2N6/c1-19(2)11-17-9(14)16-10(18-11)15-8-6(12)4-3-5-7(8)13/h3-5H,1-2H3,(H3,14,15,16,17,18). The minimum atomic E-state index is 0.115. The number of anilines is 4. The number of nitrogens with zero attached hydrogens (tertiary/aromatic N) is 4. The van der Waals surface area contributed by atoms with Crippen LogP contribution in [0.3, 0.4) is 0 Å². The third kappa shape index (κ3) is 3.15. The van der Waals surface area contributed by atoms with Crippen molar-refractivity contribution in [2.45, 2.75) is 0 Å². The molecule has 2 rings (SSSR count). The van der Waals surface area contributed by atoms with E-state index < -0.39 is 0 Å². The van der Waals surface area contributed by atoms with E-state index in [1.165, 1.54) is 0 Å². The van der Waals surface area contributed by atoms with Crippen LogP contribution in [-0.4, -0.2) is 29.0 Å². The Morgan fingerprint density at radius 1 is 1.11 bits per heavy atom. The molecule has 0 unspecified atom stereocenters. The lowest BCUT2D eigenvalue weighted by molar-refractivity contribution is 0.969. The molecule has 19 heavy (non-hydrogen) atoms. The van der Waals surface area contributed by atoms with Crippen molar-refractivity contribution in [3.8, 4) is 0 Å². The normalized spacial score (nSPS) is 10.3. The Bertz CT molecular complexity index is 581. The Balaban J connectivity index is 2.38. The average Bonchev–Trinajstić information content (AvgIpc) is 2.33. The molecule has 0 amide bonds. The molecule has 0 bridgehead atoms. The molecule has 0 fully saturated rings. The zero-order valence-electron chi connectivity index (χ0n) is 10.4. The molecule has 2 aromatic rings. The van der Waals surface area contributed by atoms with Crippen LogP contribution >= 0.6 is 23.2 Å². The van der Waals surface area contributed by atoms with Crippen molar-refractivity contribution in [3.05, 3.63) is 28.2 Å². The number of para-hydroxylation sites is 1. The molecule has 0 spiro atoms. The Kier molecular flexibility index (Phi) is 3.92. The lowest BCUT2D eigenvalue weighted by atomic mass is 10.3. The van der Waals surface area contributed by atoms with E-state index in [1.807, 2.05) is 0 Å². The second-order valence-corrected chi connectivity index (χ2v) is 4.75. The molecular formula is C11H12Cl2N6. The van der Waals surface area contributed by atoms with Gasteiger partial charge in [-0.1, -0.05) is 29.3 Å². The molecule has 0 saturated heterocycles. The van der Waals surface area contributed by atoms with Gasteiger partial charge >= 0.3 is 0 Å². The highest BCUT2D eigenvalue weighted by Gasteiger charge is 2.10. The van der Waals surface area contributed by atoms with Crippen LogP contribution in [0.5, 0.6) is 0 Å². The number of rotatable bonds is 3. The van der Waals surface area contributed by atoms with Crippen LogP contribution in [0.2, 0.25) is 10.0 Å². The van der Waals surface area contributed by atoms with Gasteiger partial charge in [-0.25, -0.2) is 0 Å². The fourth-order valence-electron chi connectivity index (χ4n) is 1.37. The minimum absolute atomic E-state index is 0.115. The molecule has 0 saturated carbocycles. The molecule has 3 N–H and O–H groups in total. The summed E-state index contributed by atoms with van der Waals surface area (Å²) in [6.07, 6.45) is 0. The van der Waals surface area contributed by atoms with E-state index >= 15 is 0 Å². The van der Waals surface area contributed by atoms with Gasteiger partial charge < -0.3 is 16.0 Å². The number of benzene rings is 1. The van der Waals surface area contributed by atoms with E-state index in [4.69, 9.17) is 28.9 Å². The maximum Gasteiger partial charge on any atom is 0.233 e. The van der Waals surface area contributed by atoms with Gasteiger partial charge in [-0.05, 0) is 12.1 Å². The van der Waals surface area contributed by atoms with Gasteiger partial charge in [0.15, 0.2) is 0 Å². The van der Waals surface area contributed by atoms with E-state index in [0.717, 1.165) is 0 Å². The molecule has 1 aromatic heterocycles. The van der Waals surface area contributed by atoms with Crippen molar-refractivity contribution >= 4 is 46.7 Å². The summed E-state index contributed by atoms with van der Waals surface area (Å²) in [6, 6.07) is 5.18. The first-order valence-corrected chi connectivity index (χ1v) is 6.13.